The predicted octanol–water partition coefficient (Wildman–Crippen LogP) is 2.56. The van der Waals surface area contributed by atoms with Crippen molar-refractivity contribution in [3.05, 3.63) is 0 Å². The number of hydrogen-bond donors (Lipinski definition) is 1. The van der Waals surface area contributed by atoms with Crippen LogP contribution in [0.4, 0.5) is 26.3 Å². The molecule has 10 heteroatoms. The highest BCUT2D eigenvalue weighted by Crippen LogP contribution is 2.52. The molecule has 0 aromatic carbocycles. The van der Waals surface area contributed by atoms with Gasteiger partial charge < -0.3 is 9.67 Å². The van der Waals surface area contributed by atoms with Crippen molar-refractivity contribution >= 4 is 13.1 Å². The molecular weight excluding hydrogens is 265 g/mol. The van der Waals surface area contributed by atoms with Crippen molar-refractivity contribution in [2.24, 2.45) is 0 Å². The first kappa shape index (κ1) is 15.3. The Morgan fingerprint density at radius 1 is 1.00 bits per heavy atom. The summed E-state index contributed by atoms with van der Waals surface area (Å²) in [5.41, 5.74) is 0. The van der Waals surface area contributed by atoms with Crippen LogP contribution in [0.1, 0.15) is 0 Å². The molecule has 0 aliphatic heterocycles. The molecule has 0 rings (SSSR count). The molecule has 96 valence electrons. The zero-order valence-corrected chi connectivity index (χ0v) is 8.49. The van der Waals surface area contributed by atoms with Gasteiger partial charge in [0.25, 0.3) is 0 Å². The average Bonchev–Trinajstić information content (AvgIpc) is 1.69. The highest BCUT2D eigenvalue weighted by molar-refractivity contribution is 7.64. The summed E-state index contributed by atoms with van der Waals surface area (Å²) in [7, 11) is -4.87. The van der Waals surface area contributed by atoms with Crippen LogP contribution >= 0.6 is 7.14 Å². The third-order valence-electron chi connectivity index (χ3n) is 1.36. The van der Waals surface area contributed by atoms with Crippen molar-refractivity contribution in [2.45, 2.75) is 12.4 Å². The van der Waals surface area contributed by atoms with Crippen LogP contribution < -0.4 is 0 Å². The lowest BCUT2D eigenvalue weighted by Gasteiger charge is -2.19. The highest BCUT2D eigenvalue weighted by Gasteiger charge is 2.46. The molecule has 0 amide bonds. The van der Waals surface area contributed by atoms with Crippen molar-refractivity contribution < 1.29 is 40.8 Å². The number of rotatable bonds is 4. The van der Waals surface area contributed by atoms with Crippen LogP contribution in [-0.2, 0) is 9.36 Å². The van der Waals surface area contributed by atoms with Crippen LogP contribution in [0.15, 0.2) is 0 Å². The number of hydrogen-bond acceptors (Lipinski definition) is 2. The summed E-state index contributed by atoms with van der Waals surface area (Å²) in [6.07, 6.45) is -16.2. The smallest absolute Gasteiger partial charge is 0.395 e. The van der Waals surface area contributed by atoms with Gasteiger partial charge in [0.05, 0.1) is 18.5 Å². The molecule has 3 nitrogen and oxygen atoms in total. The van der Waals surface area contributed by atoms with E-state index in [4.69, 9.17) is 5.11 Å². The third-order valence-corrected chi connectivity index (χ3v) is 4.07. The number of aliphatic carboxylic acids is 1. The Hall–Kier alpha value is -0.720. The van der Waals surface area contributed by atoms with Crippen molar-refractivity contribution in [3.63, 3.8) is 0 Å². The molecule has 0 unspecified atom stereocenters. The first-order valence-corrected chi connectivity index (χ1v) is 6.02. The van der Waals surface area contributed by atoms with Crippen molar-refractivity contribution in [2.75, 3.05) is 18.5 Å². The lowest BCUT2D eigenvalue weighted by Crippen LogP contribution is -2.25. The van der Waals surface area contributed by atoms with Gasteiger partial charge in [-0.05, 0) is 0 Å². The average molecular weight is 272 g/mol. The quantitative estimate of drug-likeness (QED) is 0.632. The molecule has 0 aromatic heterocycles. The van der Waals surface area contributed by atoms with Crippen LogP contribution in [0.25, 0.3) is 0 Å². The SMILES string of the molecule is O=C(O)CP(=O)(CC(F)(F)F)CC(F)(F)F. The number of carboxylic acid groups (broad SMARTS) is 1. The summed E-state index contributed by atoms with van der Waals surface area (Å²) >= 11 is 0. The van der Waals surface area contributed by atoms with E-state index in [0.29, 0.717) is 0 Å². The Morgan fingerprint density at radius 3 is 1.50 bits per heavy atom. The lowest BCUT2D eigenvalue weighted by atomic mass is 10.8. The summed E-state index contributed by atoms with van der Waals surface area (Å²) in [5.74, 6) is -1.95. The molecule has 16 heavy (non-hydrogen) atoms. The van der Waals surface area contributed by atoms with Gasteiger partial charge >= 0.3 is 18.3 Å². The molecule has 0 bridgehead atoms. The fourth-order valence-corrected chi connectivity index (χ4v) is 3.20. The highest BCUT2D eigenvalue weighted by atomic mass is 31.2. The molecule has 1 N–H and O–H groups in total. The summed E-state index contributed by atoms with van der Waals surface area (Å²) in [6.45, 7) is 0. The predicted molar refractivity (Wildman–Crippen MR) is 42.0 cm³/mol. The zero-order chi connectivity index (χ0) is 13.2. The molecule has 0 radical (unpaired) electrons. The summed E-state index contributed by atoms with van der Waals surface area (Å²) in [6, 6.07) is 0. The van der Waals surface area contributed by atoms with Gasteiger partial charge in [-0.2, -0.15) is 26.3 Å². The maximum absolute atomic E-state index is 11.8. The molecule has 0 saturated carbocycles. The molecule has 0 atom stereocenters. The molecule has 0 aliphatic rings. The molecule has 0 spiro atoms. The van der Waals surface area contributed by atoms with Crippen LogP contribution in [0.3, 0.4) is 0 Å². The Balaban J connectivity index is 4.90. The minimum atomic E-state index is -5.09. The minimum absolute atomic E-state index is 1.62. The monoisotopic (exact) mass is 272 g/mol. The van der Waals surface area contributed by atoms with E-state index in [2.05, 4.69) is 0 Å². The molecule has 0 aromatic rings. The van der Waals surface area contributed by atoms with Crippen molar-refractivity contribution in [3.8, 4) is 0 Å². The second-order valence-corrected chi connectivity index (χ2v) is 6.22. The van der Waals surface area contributed by atoms with E-state index in [0.717, 1.165) is 0 Å². The summed E-state index contributed by atoms with van der Waals surface area (Å²) < 4.78 is 82.3. The lowest BCUT2D eigenvalue weighted by molar-refractivity contribution is -0.134. The van der Waals surface area contributed by atoms with Gasteiger partial charge in [0.1, 0.15) is 7.14 Å². The Bertz CT molecular complexity index is 286. The van der Waals surface area contributed by atoms with E-state index >= 15 is 0 Å². The number of carboxylic acids is 1. The number of alkyl halides is 6. The Labute approximate surface area is 85.8 Å². The van der Waals surface area contributed by atoms with Gasteiger partial charge in [-0.3, -0.25) is 4.79 Å². The standard InChI is InChI=1S/C6H7F6O3P/c7-5(8,9)2-16(15,1-4(13)14)3-6(10,11)12/h1-3H2,(H,13,14). The van der Waals surface area contributed by atoms with Crippen LogP contribution in [0, 0.1) is 0 Å². The van der Waals surface area contributed by atoms with E-state index in [-0.39, 0.29) is 0 Å². The molecule has 0 saturated heterocycles. The second-order valence-electron chi connectivity index (χ2n) is 3.16. The summed E-state index contributed by atoms with van der Waals surface area (Å²) in [4.78, 5) is 10.1. The normalized spacial score (nSPS) is 13.9. The number of halogens is 6. The zero-order valence-electron chi connectivity index (χ0n) is 7.60. The van der Waals surface area contributed by atoms with Crippen molar-refractivity contribution in [1.82, 2.24) is 0 Å². The van der Waals surface area contributed by atoms with E-state index in [1.165, 1.54) is 0 Å². The Morgan fingerprint density at radius 2 is 1.31 bits per heavy atom. The van der Waals surface area contributed by atoms with Crippen LogP contribution in [0.2, 0.25) is 0 Å². The molecule has 0 heterocycles. The summed E-state index contributed by atoms with van der Waals surface area (Å²) in [5, 5.41) is 8.14. The minimum Gasteiger partial charge on any atom is -0.481 e. The largest absolute Gasteiger partial charge is 0.481 e. The maximum atomic E-state index is 11.8. The van der Waals surface area contributed by atoms with Gasteiger partial charge in [0.2, 0.25) is 0 Å². The van der Waals surface area contributed by atoms with Gasteiger partial charge in [0.15, 0.2) is 0 Å². The van der Waals surface area contributed by atoms with E-state index in [1.807, 2.05) is 0 Å². The van der Waals surface area contributed by atoms with Crippen molar-refractivity contribution in [1.29, 1.82) is 0 Å². The maximum Gasteiger partial charge on any atom is 0.395 e. The van der Waals surface area contributed by atoms with E-state index in [9.17, 15) is 35.7 Å². The van der Waals surface area contributed by atoms with Gasteiger partial charge in [-0.1, -0.05) is 0 Å². The van der Waals surface area contributed by atoms with Gasteiger partial charge in [-0.15, -0.1) is 0 Å². The molecular formula is C6H7F6O3P. The second kappa shape index (κ2) is 4.65. The fraction of sp³-hybridized carbons (Fsp3) is 0.833. The first-order valence-electron chi connectivity index (χ1n) is 3.75. The molecule has 0 fully saturated rings. The van der Waals surface area contributed by atoms with Crippen LogP contribution in [0.5, 0.6) is 0 Å². The van der Waals surface area contributed by atoms with E-state index < -0.39 is 43.9 Å². The van der Waals surface area contributed by atoms with E-state index in [1.54, 1.807) is 0 Å². The first-order chi connectivity index (χ1) is 6.83. The van der Waals surface area contributed by atoms with Gasteiger partial charge in [-0.25, -0.2) is 0 Å². The topological polar surface area (TPSA) is 54.4 Å². The molecule has 0 aliphatic carbocycles. The Kier molecular flexibility index (Phi) is 4.44. The van der Waals surface area contributed by atoms with Gasteiger partial charge in [0, 0.05) is 0 Å². The fourth-order valence-electron chi connectivity index (χ4n) is 1.07. The number of carbonyl (C=O) groups is 1. The third kappa shape index (κ3) is 7.56. The van der Waals surface area contributed by atoms with Crippen LogP contribution in [-0.4, -0.2) is 41.9 Å².